The Kier molecular flexibility index (Phi) is 3.01. The molecule has 0 atom stereocenters. The maximum atomic E-state index is 5.72. The second-order valence-electron chi connectivity index (χ2n) is 1.89. The highest BCUT2D eigenvalue weighted by atomic mass is 79.9. The molecule has 0 radical (unpaired) electrons. The number of rotatable bonds is 1. The molecule has 11 heavy (non-hydrogen) atoms. The van der Waals surface area contributed by atoms with Crippen LogP contribution in [-0.4, -0.2) is 0 Å². The summed E-state index contributed by atoms with van der Waals surface area (Å²) < 4.78 is 0.786. The van der Waals surface area contributed by atoms with Gasteiger partial charge in [-0.2, -0.15) is 0 Å². The highest BCUT2D eigenvalue weighted by Gasteiger charge is 2.02. The molecule has 0 aliphatic rings. The van der Waals surface area contributed by atoms with Crippen molar-refractivity contribution in [1.82, 2.24) is 0 Å². The van der Waals surface area contributed by atoms with Crippen molar-refractivity contribution in [2.24, 2.45) is 5.84 Å². The van der Waals surface area contributed by atoms with Crippen molar-refractivity contribution in [1.29, 1.82) is 0 Å². The van der Waals surface area contributed by atoms with Crippen LogP contribution in [0.2, 0.25) is 10.0 Å². The smallest absolute Gasteiger partial charge is 0.0643 e. The van der Waals surface area contributed by atoms with Crippen LogP contribution in [-0.2, 0) is 0 Å². The first-order valence-corrected chi connectivity index (χ1v) is 4.31. The molecule has 1 aromatic rings. The Bertz CT molecular complexity index is 278. The zero-order chi connectivity index (χ0) is 8.43. The van der Waals surface area contributed by atoms with E-state index in [9.17, 15) is 0 Å². The molecule has 0 saturated heterocycles. The van der Waals surface area contributed by atoms with E-state index in [2.05, 4.69) is 21.4 Å². The fourth-order valence-corrected chi connectivity index (χ4v) is 1.55. The normalized spacial score (nSPS) is 9.82. The van der Waals surface area contributed by atoms with E-state index < -0.39 is 0 Å². The molecule has 0 saturated carbocycles. The molecule has 5 heteroatoms. The van der Waals surface area contributed by atoms with Crippen molar-refractivity contribution in [3.05, 3.63) is 26.7 Å². The minimum atomic E-state index is 0.475. The Morgan fingerprint density at radius 1 is 1.27 bits per heavy atom. The first-order valence-electron chi connectivity index (χ1n) is 2.76. The average Bonchev–Trinajstić information content (AvgIpc) is 1.97. The third kappa shape index (κ3) is 1.99. The molecule has 0 unspecified atom stereocenters. The largest absolute Gasteiger partial charge is 0.323 e. The van der Waals surface area contributed by atoms with Crippen LogP contribution in [0.5, 0.6) is 0 Å². The fraction of sp³-hybridized carbons (Fsp3) is 0. The SMILES string of the molecule is NNc1cc(Cl)c(Cl)cc1Br. The van der Waals surface area contributed by atoms with Crippen molar-refractivity contribution < 1.29 is 0 Å². The molecule has 0 spiro atoms. The molecular formula is C6H5BrCl2N2. The quantitative estimate of drug-likeness (QED) is 0.460. The van der Waals surface area contributed by atoms with Gasteiger partial charge >= 0.3 is 0 Å². The zero-order valence-corrected chi connectivity index (χ0v) is 8.46. The van der Waals surface area contributed by atoms with Crippen molar-refractivity contribution in [3.63, 3.8) is 0 Å². The topological polar surface area (TPSA) is 38.0 Å². The van der Waals surface area contributed by atoms with Crippen LogP contribution in [0.15, 0.2) is 16.6 Å². The Morgan fingerprint density at radius 2 is 1.82 bits per heavy atom. The second kappa shape index (κ2) is 3.63. The minimum Gasteiger partial charge on any atom is -0.323 e. The van der Waals surface area contributed by atoms with Gasteiger partial charge in [0, 0.05) is 4.47 Å². The number of nitrogen functional groups attached to an aromatic ring is 1. The third-order valence-electron chi connectivity index (χ3n) is 1.17. The Hall–Kier alpha value is 0.0400. The summed E-state index contributed by atoms with van der Waals surface area (Å²) in [6.07, 6.45) is 0. The van der Waals surface area contributed by atoms with Crippen LogP contribution in [0.25, 0.3) is 0 Å². The summed E-state index contributed by atoms with van der Waals surface area (Å²) in [5.41, 5.74) is 3.18. The van der Waals surface area contributed by atoms with Crippen LogP contribution in [0, 0.1) is 0 Å². The number of hydrogen-bond acceptors (Lipinski definition) is 2. The lowest BCUT2D eigenvalue weighted by atomic mass is 10.3. The van der Waals surface area contributed by atoms with E-state index >= 15 is 0 Å². The monoisotopic (exact) mass is 254 g/mol. The van der Waals surface area contributed by atoms with E-state index in [-0.39, 0.29) is 0 Å². The highest BCUT2D eigenvalue weighted by Crippen LogP contribution is 2.31. The number of anilines is 1. The molecule has 0 aliphatic carbocycles. The number of nitrogens with two attached hydrogens (primary N) is 1. The van der Waals surface area contributed by atoms with Crippen molar-refractivity contribution >= 4 is 44.8 Å². The summed E-state index contributed by atoms with van der Waals surface area (Å²) in [7, 11) is 0. The predicted molar refractivity (Wildman–Crippen MR) is 52.0 cm³/mol. The predicted octanol–water partition coefficient (Wildman–Crippen LogP) is 3.04. The van der Waals surface area contributed by atoms with E-state index in [0.29, 0.717) is 15.7 Å². The number of benzene rings is 1. The highest BCUT2D eigenvalue weighted by molar-refractivity contribution is 9.10. The van der Waals surface area contributed by atoms with Gasteiger partial charge in [-0.1, -0.05) is 23.2 Å². The molecule has 1 aromatic carbocycles. The van der Waals surface area contributed by atoms with Gasteiger partial charge in [0.1, 0.15) is 0 Å². The van der Waals surface area contributed by atoms with Crippen LogP contribution in [0.1, 0.15) is 0 Å². The first-order chi connectivity index (χ1) is 5.15. The lowest BCUT2D eigenvalue weighted by Gasteiger charge is -2.04. The van der Waals surface area contributed by atoms with Crippen LogP contribution < -0.4 is 11.3 Å². The van der Waals surface area contributed by atoms with E-state index in [1.807, 2.05) is 0 Å². The number of nitrogens with one attached hydrogen (secondary N) is 1. The molecule has 0 bridgehead atoms. The third-order valence-corrected chi connectivity index (χ3v) is 2.54. The summed E-state index contributed by atoms with van der Waals surface area (Å²) in [5.74, 6) is 5.19. The lowest BCUT2D eigenvalue weighted by Crippen LogP contribution is -2.07. The Morgan fingerprint density at radius 3 is 2.36 bits per heavy atom. The van der Waals surface area contributed by atoms with Crippen LogP contribution in [0.3, 0.4) is 0 Å². The van der Waals surface area contributed by atoms with Gasteiger partial charge in [-0.25, -0.2) is 0 Å². The van der Waals surface area contributed by atoms with Crippen molar-refractivity contribution in [3.8, 4) is 0 Å². The van der Waals surface area contributed by atoms with Gasteiger partial charge in [0.25, 0.3) is 0 Å². The maximum absolute atomic E-state index is 5.72. The van der Waals surface area contributed by atoms with Crippen LogP contribution >= 0.6 is 39.1 Å². The number of halogens is 3. The van der Waals surface area contributed by atoms with Crippen molar-refractivity contribution in [2.45, 2.75) is 0 Å². The Balaban J connectivity index is 3.21. The molecule has 0 fully saturated rings. The van der Waals surface area contributed by atoms with Gasteiger partial charge in [-0.15, -0.1) is 0 Å². The molecule has 0 heterocycles. The molecular weight excluding hydrogens is 251 g/mol. The van der Waals surface area contributed by atoms with Crippen LogP contribution in [0.4, 0.5) is 5.69 Å². The standard InChI is InChI=1S/C6H5BrCl2N2/c7-3-1-4(8)5(9)2-6(3)11-10/h1-2,11H,10H2. The summed E-state index contributed by atoms with van der Waals surface area (Å²) in [5, 5.41) is 0.973. The molecule has 0 amide bonds. The lowest BCUT2D eigenvalue weighted by molar-refractivity contribution is 1.34. The molecule has 1 rings (SSSR count). The average molecular weight is 256 g/mol. The van der Waals surface area contributed by atoms with E-state index in [4.69, 9.17) is 29.0 Å². The fourth-order valence-electron chi connectivity index (χ4n) is 0.633. The van der Waals surface area contributed by atoms with Gasteiger partial charge in [-0.3, -0.25) is 5.84 Å². The second-order valence-corrected chi connectivity index (χ2v) is 3.56. The van der Waals surface area contributed by atoms with E-state index in [1.165, 1.54) is 0 Å². The molecule has 60 valence electrons. The maximum Gasteiger partial charge on any atom is 0.0643 e. The number of hydrogen-bond donors (Lipinski definition) is 2. The van der Waals surface area contributed by atoms with Gasteiger partial charge in [-0.05, 0) is 28.1 Å². The summed E-state index contributed by atoms with van der Waals surface area (Å²) in [4.78, 5) is 0. The van der Waals surface area contributed by atoms with E-state index in [0.717, 1.165) is 4.47 Å². The van der Waals surface area contributed by atoms with Gasteiger partial charge < -0.3 is 5.43 Å². The van der Waals surface area contributed by atoms with E-state index in [1.54, 1.807) is 12.1 Å². The van der Waals surface area contributed by atoms with Gasteiger partial charge in [0.15, 0.2) is 0 Å². The molecule has 0 aromatic heterocycles. The molecule has 2 nitrogen and oxygen atoms in total. The summed E-state index contributed by atoms with van der Waals surface area (Å²) >= 11 is 14.7. The first kappa shape index (κ1) is 9.13. The van der Waals surface area contributed by atoms with Crippen molar-refractivity contribution in [2.75, 3.05) is 5.43 Å². The van der Waals surface area contributed by atoms with Gasteiger partial charge in [0.05, 0.1) is 15.7 Å². The summed E-state index contributed by atoms with van der Waals surface area (Å²) in [6.45, 7) is 0. The minimum absolute atomic E-state index is 0.475. The summed E-state index contributed by atoms with van der Waals surface area (Å²) in [6, 6.07) is 3.33. The number of hydrazine groups is 1. The Labute approximate surface area is 82.8 Å². The van der Waals surface area contributed by atoms with Gasteiger partial charge in [0.2, 0.25) is 0 Å². The zero-order valence-electron chi connectivity index (χ0n) is 5.37. The molecule has 3 N–H and O–H groups in total. The molecule has 0 aliphatic heterocycles.